The van der Waals surface area contributed by atoms with Gasteiger partial charge in [-0.05, 0) is 12.8 Å². The summed E-state index contributed by atoms with van der Waals surface area (Å²) < 4.78 is 0. The van der Waals surface area contributed by atoms with E-state index < -0.39 is 0 Å². The second-order valence-corrected chi connectivity index (χ2v) is 5.62. The molecule has 2 aromatic heterocycles. The highest BCUT2D eigenvalue weighted by Crippen LogP contribution is 2.26. The minimum absolute atomic E-state index is 0.0978. The molecule has 2 heterocycles. The fraction of sp³-hybridized carbons (Fsp3) is 0.562. The first-order valence-corrected chi connectivity index (χ1v) is 8.82. The van der Waals surface area contributed by atoms with E-state index in [2.05, 4.69) is 53.4 Å². The zero-order valence-corrected chi connectivity index (χ0v) is 15.7. The zero-order chi connectivity index (χ0) is 18.9. The lowest BCUT2D eigenvalue weighted by molar-refractivity contribution is -0.119. The lowest BCUT2D eigenvalue weighted by Gasteiger charge is -2.13. The summed E-state index contributed by atoms with van der Waals surface area (Å²) in [6.07, 6.45) is 1.86. The van der Waals surface area contributed by atoms with Gasteiger partial charge in [0, 0.05) is 27.2 Å². The molecule has 0 unspecified atom stereocenters. The molecule has 2 aromatic rings. The van der Waals surface area contributed by atoms with Crippen molar-refractivity contribution in [3.05, 3.63) is 0 Å². The monoisotopic (exact) mass is 361 g/mol. The third-order valence-corrected chi connectivity index (χ3v) is 3.53. The minimum atomic E-state index is -0.106. The van der Waals surface area contributed by atoms with Crippen LogP contribution >= 0.6 is 0 Å². The SMILES string of the molecule is CCCNC(=O)CNc1nc(NC)c2nc(NCCC)nc(NC)c2n1. The van der Waals surface area contributed by atoms with Crippen molar-refractivity contribution in [1.29, 1.82) is 0 Å². The van der Waals surface area contributed by atoms with E-state index in [1.807, 2.05) is 6.92 Å². The summed E-state index contributed by atoms with van der Waals surface area (Å²) in [5.74, 6) is 1.90. The standard InChI is InChI=1S/C16H27N9O/c1-5-7-19-10(26)9-21-16-23-12-11(14(18-4)25-16)22-15(20-8-6-2)24-13(12)17-3/h5-9H2,1-4H3,(H,19,26)(H2,17,20,22,24)(H2,18,21,23,25). The minimum Gasteiger partial charge on any atom is -0.371 e. The summed E-state index contributed by atoms with van der Waals surface area (Å²) in [6, 6.07) is 0. The van der Waals surface area contributed by atoms with Crippen molar-refractivity contribution in [3.63, 3.8) is 0 Å². The highest BCUT2D eigenvalue weighted by molar-refractivity contribution is 5.94. The smallest absolute Gasteiger partial charge is 0.239 e. The van der Waals surface area contributed by atoms with Gasteiger partial charge in [0.1, 0.15) is 11.0 Å². The number of anilines is 4. The molecular formula is C16H27N9O. The average molecular weight is 361 g/mol. The number of carbonyl (C=O) groups is 1. The highest BCUT2D eigenvalue weighted by atomic mass is 16.1. The predicted molar refractivity (Wildman–Crippen MR) is 105 cm³/mol. The van der Waals surface area contributed by atoms with E-state index in [4.69, 9.17) is 0 Å². The fourth-order valence-electron chi connectivity index (χ4n) is 2.25. The van der Waals surface area contributed by atoms with Crippen molar-refractivity contribution in [2.24, 2.45) is 0 Å². The summed E-state index contributed by atoms with van der Waals surface area (Å²) in [7, 11) is 3.54. The zero-order valence-electron chi connectivity index (χ0n) is 15.7. The Morgan fingerprint density at radius 1 is 0.808 bits per heavy atom. The largest absolute Gasteiger partial charge is 0.371 e. The molecule has 26 heavy (non-hydrogen) atoms. The molecule has 142 valence electrons. The van der Waals surface area contributed by atoms with Crippen LogP contribution in [0, 0.1) is 0 Å². The van der Waals surface area contributed by atoms with Crippen molar-refractivity contribution in [3.8, 4) is 0 Å². The number of aromatic nitrogens is 4. The average Bonchev–Trinajstić information content (AvgIpc) is 2.67. The molecule has 0 saturated carbocycles. The molecule has 0 fully saturated rings. The van der Waals surface area contributed by atoms with Gasteiger partial charge >= 0.3 is 0 Å². The van der Waals surface area contributed by atoms with Crippen molar-refractivity contribution in [2.75, 3.05) is 55.0 Å². The molecule has 0 atom stereocenters. The van der Waals surface area contributed by atoms with E-state index in [0.717, 1.165) is 19.4 Å². The molecular weight excluding hydrogens is 334 g/mol. The lowest BCUT2D eigenvalue weighted by atomic mass is 10.3. The maximum atomic E-state index is 11.8. The van der Waals surface area contributed by atoms with Crippen LogP contribution in [0.3, 0.4) is 0 Å². The molecule has 0 aliphatic carbocycles. The molecule has 0 aliphatic heterocycles. The van der Waals surface area contributed by atoms with Crippen LogP contribution in [0.1, 0.15) is 26.7 Å². The number of nitrogens with one attached hydrogen (secondary N) is 5. The number of nitrogens with zero attached hydrogens (tertiary/aromatic N) is 4. The van der Waals surface area contributed by atoms with Gasteiger partial charge in [0.2, 0.25) is 17.8 Å². The van der Waals surface area contributed by atoms with Gasteiger partial charge in [-0.25, -0.2) is 9.97 Å². The van der Waals surface area contributed by atoms with Crippen LogP contribution in [0.2, 0.25) is 0 Å². The van der Waals surface area contributed by atoms with Crippen molar-refractivity contribution >= 4 is 40.5 Å². The predicted octanol–water partition coefficient (Wildman–Crippen LogP) is 1.26. The third kappa shape index (κ3) is 4.80. The maximum absolute atomic E-state index is 11.8. The number of hydrogen-bond acceptors (Lipinski definition) is 9. The van der Waals surface area contributed by atoms with Crippen LogP contribution in [-0.4, -0.2) is 59.6 Å². The van der Waals surface area contributed by atoms with Crippen molar-refractivity contribution in [1.82, 2.24) is 25.3 Å². The Hall–Kier alpha value is -2.91. The molecule has 5 N–H and O–H groups in total. The topological polar surface area (TPSA) is 129 Å². The molecule has 0 radical (unpaired) electrons. The van der Waals surface area contributed by atoms with Gasteiger partial charge in [-0.3, -0.25) is 4.79 Å². The second kappa shape index (κ2) is 9.54. The van der Waals surface area contributed by atoms with E-state index in [1.165, 1.54) is 0 Å². The Labute approximate surface area is 153 Å². The highest BCUT2D eigenvalue weighted by Gasteiger charge is 2.15. The molecule has 0 aliphatic rings. The lowest BCUT2D eigenvalue weighted by Crippen LogP contribution is -2.30. The molecule has 0 aromatic carbocycles. The van der Waals surface area contributed by atoms with Gasteiger partial charge < -0.3 is 26.6 Å². The number of amides is 1. The van der Waals surface area contributed by atoms with Crippen LogP contribution in [0.15, 0.2) is 0 Å². The maximum Gasteiger partial charge on any atom is 0.239 e. The molecule has 10 nitrogen and oxygen atoms in total. The first-order valence-electron chi connectivity index (χ1n) is 8.82. The number of fused-ring (bicyclic) bond motifs is 1. The molecule has 1 amide bonds. The van der Waals surface area contributed by atoms with E-state index in [1.54, 1.807) is 14.1 Å². The Balaban J connectivity index is 2.32. The van der Waals surface area contributed by atoms with Crippen LogP contribution in [0.4, 0.5) is 23.5 Å². The van der Waals surface area contributed by atoms with Gasteiger partial charge in [0.25, 0.3) is 0 Å². The number of rotatable bonds is 10. The van der Waals surface area contributed by atoms with Crippen LogP contribution in [0.5, 0.6) is 0 Å². The quantitative estimate of drug-likeness (QED) is 0.425. The van der Waals surface area contributed by atoms with Crippen LogP contribution in [0.25, 0.3) is 11.0 Å². The second-order valence-electron chi connectivity index (χ2n) is 5.62. The molecule has 10 heteroatoms. The first kappa shape index (κ1) is 19.4. The van der Waals surface area contributed by atoms with Gasteiger partial charge in [-0.15, -0.1) is 0 Å². The summed E-state index contributed by atoms with van der Waals surface area (Å²) in [5.41, 5.74) is 1.18. The number of carbonyl (C=O) groups excluding carboxylic acids is 1. The Morgan fingerprint density at radius 3 is 1.85 bits per heavy atom. The van der Waals surface area contributed by atoms with E-state index >= 15 is 0 Å². The molecule has 2 rings (SSSR count). The Bertz CT molecular complexity index is 750. The Morgan fingerprint density at radius 2 is 1.35 bits per heavy atom. The van der Waals surface area contributed by atoms with E-state index in [0.29, 0.717) is 41.1 Å². The van der Waals surface area contributed by atoms with Gasteiger partial charge in [-0.1, -0.05) is 13.8 Å². The summed E-state index contributed by atoms with van der Waals surface area (Å²) in [4.78, 5) is 29.6. The summed E-state index contributed by atoms with van der Waals surface area (Å²) in [6.45, 7) is 5.59. The fourth-order valence-corrected chi connectivity index (χ4v) is 2.25. The van der Waals surface area contributed by atoms with Gasteiger partial charge in [0.05, 0.1) is 6.54 Å². The summed E-state index contributed by atoms with van der Waals surface area (Å²) in [5, 5.41) is 15.0. The molecule has 0 spiro atoms. The van der Waals surface area contributed by atoms with Gasteiger partial charge in [-0.2, -0.15) is 9.97 Å². The van der Waals surface area contributed by atoms with Crippen molar-refractivity contribution < 1.29 is 4.79 Å². The number of hydrogen-bond donors (Lipinski definition) is 5. The Kier molecular flexibility index (Phi) is 7.12. The first-order chi connectivity index (χ1) is 12.6. The normalized spacial score (nSPS) is 10.5. The van der Waals surface area contributed by atoms with Crippen molar-refractivity contribution in [2.45, 2.75) is 26.7 Å². The summed E-state index contributed by atoms with van der Waals surface area (Å²) >= 11 is 0. The van der Waals surface area contributed by atoms with Crippen LogP contribution < -0.4 is 26.6 Å². The van der Waals surface area contributed by atoms with E-state index in [9.17, 15) is 4.79 Å². The molecule has 0 bridgehead atoms. The third-order valence-electron chi connectivity index (χ3n) is 3.53. The van der Waals surface area contributed by atoms with E-state index in [-0.39, 0.29) is 12.5 Å². The van der Waals surface area contributed by atoms with Gasteiger partial charge in [0.15, 0.2) is 11.6 Å². The van der Waals surface area contributed by atoms with Crippen LogP contribution in [-0.2, 0) is 4.79 Å². The molecule has 0 saturated heterocycles.